The lowest BCUT2D eigenvalue weighted by atomic mass is 10.2. The highest BCUT2D eigenvalue weighted by Gasteiger charge is 2.32. The van der Waals surface area contributed by atoms with Crippen LogP contribution in [0.5, 0.6) is 0 Å². The van der Waals surface area contributed by atoms with Crippen LogP contribution in [0.15, 0.2) is 23.2 Å². The molecule has 0 saturated carbocycles. The monoisotopic (exact) mass is 369 g/mol. The van der Waals surface area contributed by atoms with E-state index in [-0.39, 0.29) is 15.7 Å². The van der Waals surface area contributed by atoms with Crippen molar-refractivity contribution in [3.63, 3.8) is 0 Å². The van der Waals surface area contributed by atoms with Gasteiger partial charge in [0.1, 0.15) is 11.5 Å². The van der Waals surface area contributed by atoms with Crippen molar-refractivity contribution in [2.75, 3.05) is 25.3 Å². The van der Waals surface area contributed by atoms with Crippen molar-refractivity contribution >= 4 is 40.8 Å². The van der Waals surface area contributed by atoms with Crippen molar-refractivity contribution in [2.45, 2.75) is 11.1 Å². The fraction of sp³-hybridized carbons (Fsp3) is 0.308. The first-order valence-electron chi connectivity index (χ1n) is 6.02. The van der Waals surface area contributed by atoms with Crippen LogP contribution in [0.1, 0.15) is 5.56 Å². The average molecular weight is 370 g/mol. The molecule has 0 saturated heterocycles. The minimum Gasteiger partial charge on any atom is -0.362 e. The molecule has 0 atom stereocenters. The molecule has 0 bridgehead atoms. The Morgan fingerprint density at radius 2 is 1.73 bits per heavy atom. The third kappa shape index (κ3) is 3.16. The number of benzene rings is 1. The Kier molecular flexibility index (Phi) is 4.89. The van der Waals surface area contributed by atoms with Gasteiger partial charge in [-0.1, -0.05) is 23.2 Å². The SMILES string of the molecule is CSc1cnn(-c2c(Cl)cc(C(F)(F)F)cc2Cl)c1N(C)C. The van der Waals surface area contributed by atoms with Crippen LogP contribution in [0.2, 0.25) is 10.0 Å². The highest BCUT2D eigenvalue weighted by Crippen LogP contribution is 2.39. The van der Waals surface area contributed by atoms with Gasteiger partial charge in [-0.25, -0.2) is 4.68 Å². The number of halogens is 5. The van der Waals surface area contributed by atoms with Crippen LogP contribution in [-0.4, -0.2) is 30.1 Å². The van der Waals surface area contributed by atoms with Crippen molar-refractivity contribution < 1.29 is 13.2 Å². The number of nitrogens with zero attached hydrogens (tertiary/aromatic N) is 3. The molecule has 9 heteroatoms. The molecule has 22 heavy (non-hydrogen) atoms. The van der Waals surface area contributed by atoms with Gasteiger partial charge < -0.3 is 4.90 Å². The number of aromatic nitrogens is 2. The van der Waals surface area contributed by atoms with Crippen LogP contribution >= 0.6 is 35.0 Å². The first-order chi connectivity index (χ1) is 10.2. The van der Waals surface area contributed by atoms with Crippen molar-refractivity contribution in [3.8, 4) is 5.69 Å². The molecule has 1 aromatic heterocycles. The third-order valence-corrected chi connectivity index (χ3v) is 4.22. The summed E-state index contributed by atoms with van der Waals surface area (Å²) < 4.78 is 39.8. The minimum atomic E-state index is -4.51. The predicted molar refractivity (Wildman–Crippen MR) is 84.7 cm³/mol. The summed E-state index contributed by atoms with van der Waals surface area (Å²) in [4.78, 5) is 2.65. The molecule has 0 spiro atoms. The zero-order valence-electron chi connectivity index (χ0n) is 11.9. The van der Waals surface area contributed by atoms with Gasteiger partial charge in [0.2, 0.25) is 0 Å². The molecule has 2 aromatic rings. The van der Waals surface area contributed by atoms with Crippen LogP contribution in [0.3, 0.4) is 0 Å². The zero-order valence-corrected chi connectivity index (χ0v) is 14.2. The number of hydrogen-bond donors (Lipinski definition) is 0. The lowest BCUT2D eigenvalue weighted by Gasteiger charge is -2.19. The Bertz CT molecular complexity index is 675. The summed E-state index contributed by atoms with van der Waals surface area (Å²) in [5.74, 6) is 0.691. The van der Waals surface area contributed by atoms with Gasteiger partial charge in [0.15, 0.2) is 0 Å². The van der Waals surface area contributed by atoms with Gasteiger partial charge in [-0.3, -0.25) is 0 Å². The molecule has 3 nitrogen and oxygen atoms in total. The normalized spacial score (nSPS) is 11.8. The first-order valence-corrected chi connectivity index (χ1v) is 8.00. The number of thioether (sulfide) groups is 1. The van der Waals surface area contributed by atoms with Gasteiger partial charge >= 0.3 is 6.18 Å². The Labute approximate surface area is 140 Å². The molecule has 1 heterocycles. The van der Waals surface area contributed by atoms with Crippen molar-refractivity contribution in [3.05, 3.63) is 33.9 Å². The van der Waals surface area contributed by atoms with Gasteiger partial charge in [-0.15, -0.1) is 11.8 Å². The van der Waals surface area contributed by atoms with E-state index in [4.69, 9.17) is 23.2 Å². The van der Waals surface area contributed by atoms with E-state index in [1.807, 2.05) is 6.26 Å². The van der Waals surface area contributed by atoms with E-state index in [2.05, 4.69) is 5.10 Å². The van der Waals surface area contributed by atoms with E-state index in [0.717, 1.165) is 17.0 Å². The molecule has 2 rings (SSSR count). The first kappa shape index (κ1) is 17.3. The summed E-state index contributed by atoms with van der Waals surface area (Å²) in [6, 6.07) is 1.70. The van der Waals surface area contributed by atoms with E-state index < -0.39 is 11.7 Å². The molecule has 0 radical (unpaired) electrons. The van der Waals surface area contributed by atoms with E-state index in [9.17, 15) is 13.2 Å². The summed E-state index contributed by atoms with van der Waals surface area (Å²) in [5, 5.41) is 3.97. The van der Waals surface area contributed by atoms with E-state index >= 15 is 0 Å². The number of rotatable bonds is 3. The van der Waals surface area contributed by atoms with Crippen LogP contribution < -0.4 is 4.90 Å². The maximum atomic E-state index is 12.8. The summed E-state index contributed by atoms with van der Waals surface area (Å²) >= 11 is 13.5. The summed E-state index contributed by atoms with van der Waals surface area (Å²) in [6.07, 6.45) is -1.01. The summed E-state index contributed by atoms with van der Waals surface area (Å²) in [6.45, 7) is 0. The second kappa shape index (κ2) is 6.22. The Morgan fingerprint density at radius 1 is 1.18 bits per heavy atom. The molecule has 0 unspecified atom stereocenters. The standard InChI is InChI=1S/C13H12Cl2F3N3S/c1-20(2)12-10(22-3)6-19-21(12)11-8(14)4-7(5-9(11)15)13(16,17)18/h4-6H,1-3H3. The third-order valence-electron chi connectivity index (χ3n) is 2.91. The van der Waals surface area contributed by atoms with Crippen molar-refractivity contribution in [1.82, 2.24) is 9.78 Å². The predicted octanol–water partition coefficient (Wildman–Crippen LogP) is 4.99. The maximum Gasteiger partial charge on any atom is 0.416 e. The van der Waals surface area contributed by atoms with Crippen molar-refractivity contribution in [2.24, 2.45) is 0 Å². The molecule has 0 aliphatic rings. The molecule has 0 aliphatic heterocycles. The highest BCUT2D eigenvalue weighted by molar-refractivity contribution is 7.98. The summed E-state index contributed by atoms with van der Waals surface area (Å²) in [7, 11) is 3.61. The van der Waals surface area contributed by atoms with Crippen LogP contribution in [0.25, 0.3) is 5.69 Å². The molecule has 1 aromatic carbocycles. The van der Waals surface area contributed by atoms with Gasteiger partial charge in [-0.05, 0) is 18.4 Å². The topological polar surface area (TPSA) is 21.1 Å². The molecular formula is C13H12Cl2F3N3S. The number of alkyl halides is 3. The van der Waals surface area contributed by atoms with Gasteiger partial charge in [0.25, 0.3) is 0 Å². The fourth-order valence-electron chi connectivity index (χ4n) is 1.98. The van der Waals surface area contributed by atoms with Gasteiger partial charge in [0, 0.05) is 14.1 Å². The fourth-order valence-corrected chi connectivity index (χ4v) is 3.23. The zero-order chi connectivity index (χ0) is 16.7. The molecular weight excluding hydrogens is 358 g/mol. The number of hydrogen-bond acceptors (Lipinski definition) is 3. The largest absolute Gasteiger partial charge is 0.416 e. The van der Waals surface area contributed by atoms with Crippen molar-refractivity contribution in [1.29, 1.82) is 0 Å². The smallest absolute Gasteiger partial charge is 0.362 e. The second-order valence-electron chi connectivity index (χ2n) is 4.63. The van der Waals surface area contributed by atoms with E-state index in [1.54, 1.807) is 25.2 Å². The number of anilines is 1. The molecule has 120 valence electrons. The minimum absolute atomic E-state index is 0.112. The van der Waals surface area contributed by atoms with Crippen LogP contribution in [-0.2, 0) is 6.18 Å². The van der Waals surface area contributed by atoms with E-state index in [0.29, 0.717) is 5.82 Å². The van der Waals surface area contributed by atoms with Gasteiger partial charge in [-0.2, -0.15) is 18.3 Å². The Morgan fingerprint density at radius 3 is 2.14 bits per heavy atom. The molecule has 0 aliphatic carbocycles. The molecule has 0 N–H and O–H groups in total. The quantitative estimate of drug-likeness (QED) is 0.711. The summed E-state index contributed by atoms with van der Waals surface area (Å²) in [5.41, 5.74) is -0.671. The lowest BCUT2D eigenvalue weighted by Crippen LogP contribution is -2.16. The van der Waals surface area contributed by atoms with E-state index in [1.165, 1.54) is 16.4 Å². The second-order valence-corrected chi connectivity index (χ2v) is 6.29. The molecule has 0 fully saturated rings. The highest BCUT2D eigenvalue weighted by atomic mass is 35.5. The van der Waals surface area contributed by atoms with Gasteiger partial charge in [0.05, 0.1) is 26.7 Å². The lowest BCUT2D eigenvalue weighted by molar-refractivity contribution is -0.137. The Hall–Kier alpha value is -1.05. The maximum absolute atomic E-state index is 12.8. The Balaban J connectivity index is 2.67. The molecule has 0 amide bonds. The average Bonchev–Trinajstić information content (AvgIpc) is 2.80. The van der Waals surface area contributed by atoms with Crippen LogP contribution in [0.4, 0.5) is 19.0 Å². The van der Waals surface area contributed by atoms with Crippen LogP contribution in [0, 0.1) is 0 Å².